The molecule has 0 fully saturated rings. The lowest BCUT2D eigenvalue weighted by molar-refractivity contribution is 0.599. The molecule has 0 bridgehead atoms. The number of likely N-dealkylation sites (N-methyl/N-ethyl adjacent to an activating group) is 1. The molecule has 1 unspecified atom stereocenters. The monoisotopic (exact) mass is 309 g/mol. The van der Waals surface area contributed by atoms with Crippen molar-refractivity contribution < 1.29 is 0 Å². The first-order valence-electron chi connectivity index (χ1n) is 5.66. The molecule has 2 aromatic rings. The van der Waals surface area contributed by atoms with Gasteiger partial charge in [0.25, 0.3) is 0 Å². The van der Waals surface area contributed by atoms with E-state index in [1.54, 1.807) is 0 Å². The summed E-state index contributed by atoms with van der Waals surface area (Å²) in [4.78, 5) is 1.44. The van der Waals surface area contributed by atoms with Gasteiger partial charge < -0.3 is 5.32 Å². The Bertz CT molecular complexity index is 492. The molecule has 0 saturated carbocycles. The van der Waals surface area contributed by atoms with Gasteiger partial charge in [-0.05, 0) is 55.1 Å². The molecule has 1 aromatic heterocycles. The van der Waals surface area contributed by atoms with E-state index in [0.717, 1.165) is 10.9 Å². The highest BCUT2D eigenvalue weighted by atomic mass is 79.9. The summed E-state index contributed by atoms with van der Waals surface area (Å²) in [7, 11) is 2.03. The number of rotatable bonds is 4. The van der Waals surface area contributed by atoms with Crippen LogP contribution in [0, 0.1) is 6.92 Å². The molecule has 0 amide bonds. The van der Waals surface area contributed by atoms with Crippen molar-refractivity contribution in [2.75, 3.05) is 7.05 Å². The number of aryl methyl sites for hydroxylation is 1. The molecule has 1 atom stereocenters. The average molecular weight is 310 g/mol. The molecular formula is C14H16BrNS. The maximum Gasteiger partial charge on any atom is 0.0455 e. The van der Waals surface area contributed by atoms with Gasteiger partial charge >= 0.3 is 0 Å². The summed E-state index contributed by atoms with van der Waals surface area (Å²) in [5.41, 5.74) is 2.73. The second-order valence-corrected chi connectivity index (χ2v) is 6.01. The summed E-state index contributed by atoms with van der Waals surface area (Å²) >= 11 is 5.35. The second-order valence-electron chi connectivity index (χ2n) is 4.14. The minimum Gasteiger partial charge on any atom is -0.312 e. The average Bonchev–Trinajstić information content (AvgIpc) is 2.72. The molecule has 1 nitrogen and oxygen atoms in total. The summed E-state index contributed by atoms with van der Waals surface area (Å²) < 4.78 is 1.15. The topological polar surface area (TPSA) is 12.0 Å². The predicted octanol–water partition coefficient (Wildman–Crippen LogP) is 4.32. The molecular weight excluding hydrogens is 294 g/mol. The molecule has 1 aromatic carbocycles. The minimum absolute atomic E-state index is 0.407. The highest BCUT2D eigenvalue weighted by molar-refractivity contribution is 9.10. The Labute approximate surface area is 115 Å². The van der Waals surface area contributed by atoms with Crippen LogP contribution in [0.25, 0.3) is 0 Å². The number of nitrogens with one attached hydrogen (secondary N) is 1. The highest BCUT2D eigenvalue weighted by Crippen LogP contribution is 2.27. The fourth-order valence-corrected chi connectivity index (χ4v) is 3.45. The molecule has 0 radical (unpaired) electrons. The van der Waals surface area contributed by atoms with E-state index in [1.807, 2.05) is 18.4 Å². The van der Waals surface area contributed by atoms with E-state index in [1.165, 1.54) is 16.0 Å². The van der Waals surface area contributed by atoms with Gasteiger partial charge in [-0.25, -0.2) is 0 Å². The van der Waals surface area contributed by atoms with Crippen LogP contribution in [-0.4, -0.2) is 7.05 Å². The minimum atomic E-state index is 0.407. The van der Waals surface area contributed by atoms with E-state index in [-0.39, 0.29) is 0 Å². The molecule has 17 heavy (non-hydrogen) atoms. The Morgan fingerprint density at radius 2 is 2.18 bits per heavy atom. The lowest BCUT2D eigenvalue weighted by atomic mass is 10.0. The van der Waals surface area contributed by atoms with Crippen molar-refractivity contribution in [2.45, 2.75) is 19.4 Å². The first-order valence-corrected chi connectivity index (χ1v) is 7.33. The van der Waals surface area contributed by atoms with Crippen LogP contribution in [0.15, 0.2) is 40.2 Å². The standard InChI is InChI=1S/C14H16BrNS/c1-10-6-7-17-14(10)13(16-2)9-11-4-3-5-12(15)8-11/h3-8,13,16H,9H2,1-2H3. The van der Waals surface area contributed by atoms with Crippen molar-refractivity contribution in [3.05, 3.63) is 56.2 Å². The second kappa shape index (κ2) is 5.80. The normalized spacial score (nSPS) is 12.6. The molecule has 90 valence electrons. The maximum absolute atomic E-state index is 3.52. The van der Waals surface area contributed by atoms with E-state index in [0.29, 0.717) is 6.04 Å². The van der Waals surface area contributed by atoms with Gasteiger partial charge in [-0.2, -0.15) is 0 Å². The maximum atomic E-state index is 3.52. The highest BCUT2D eigenvalue weighted by Gasteiger charge is 2.13. The molecule has 0 aliphatic rings. The molecule has 0 saturated heterocycles. The Hall–Kier alpha value is -0.640. The Morgan fingerprint density at radius 1 is 1.35 bits per heavy atom. The third-order valence-electron chi connectivity index (χ3n) is 2.90. The van der Waals surface area contributed by atoms with Crippen molar-refractivity contribution in [1.82, 2.24) is 5.32 Å². The Morgan fingerprint density at radius 3 is 2.76 bits per heavy atom. The SMILES string of the molecule is CNC(Cc1cccc(Br)c1)c1sccc1C. The molecule has 1 N–H and O–H groups in total. The first-order chi connectivity index (χ1) is 8.20. The van der Waals surface area contributed by atoms with Gasteiger partial charge in [-0.15, -0.1) is 11.3 Å². The van der Waals surface area contributed by atoms with E-state index >= 15 is 0 Å². The number of hydrogen-bond donors (Lipinski definition) is 1. The van der Waals surface area contributed by atoms with Gasteiger partial charge in [0.05, 0.1) is 0 Å². The van der Waals surface area contributed by atoms with Crippen LogP contribution in [-0.2, 0) is 6.42 Å². The zero-order chi connectivity index (χ0) is 12.3. The summed E-state index contributed by atoms with van der Waals surface area (Å²) in [6, 6.07) is 11.1. The van der Waals surface area contributed by atoms with Crippen molar-refractivity contribution >= 4 is 27.3 Å². The van der Waals surface area contributed by atoms with Gasteiger partial charge in [-0.3, -0.25) is 0 Å². The zero-order valence-corrected chi connectivity index (χ0v) is 12.4. The number of hydrogen-bond acceptors (Lipinski definition) is 2. The molecule has 0 aliphatic heterocycles. The van der Waals surface area contributed by atoms with Gasteiger partial charge in [0.15, 0.2) is 0 Å². The van der Waals surface area contributed by atoms with Crippen LogP contribution in [0.4, 0.5) is 0 Å². The fourth-order valence-electron chi connectivity index (χ4n) is 1.97. The zero-order valence-electron chi connectivity index (χ0n) is 10.0. The van der Waals surface area contributed by atoms with Crippen LogP contribution in [0.3, 0.4) is 0 Å². The number of benzene rings is 1. The molecule has 3 heteroatoms. The van der Waals surface area contributed by atoms with E-state index in [4.69, 9.17) is 0 Å². The molecule has 0 aliphatic carbocycles. The quantitative estimate of drug-likeness (QED) is 0.886. The summed E-state index contributed by atoms with van der Waals surface area (Å²) in [6.07, 6.45) is 1.03. The fraction of sp³-hybridized carbons (Fsp3) is 0.286. The molecule has 2 rings (SSSR count). The number of halogens is 1. The van der Waals surface area contributed by atoms with Crippen LogP contribution in [0.5, 0.6) is 0 Å². The van der Waals surface area contributed by atoms with Crippen molar-refractivity contribution in [3.63, 3.8) is 0 Å². The van der Waals surface area contributed by atoms with Gasteiger partial charge in [-0.1, -0.05) is 28.1 Å². The number of thiophene rings is 1. The third kappa shape index (κ3) is 3.18. The largest absolute Gasteiger partial charge is 0.312 e. The third-order valence-corrected chi connectivity index (χ3v) is 4.52. The summed E-state index contributed by atoms with van der Waals surface area (Å²) in [6.45, 7) is 2.18. The van der Waals surface area contributed by atoms with Crippen LogP contribution in [0.2, 0.25) is 0 Å². The molecule has 1 heterocycles. The smallest absolute Gasteiger partial charge is 0.0455 e. The van der Waals surface area contributed by atoms with Crippen molar-refractivity contribution in [3.8, 4) is 0 Å². The van der Waals surface area contributed by atoms with E-state index in [9.17, 15) is 0 Å². The van der Waals surface area contributed by atoms with Crippen LogP contribution >= 0.6 is 27.3 Å². The van der Waals surface area contributed by atoms with Gasteiger partial charge in [0.1, 0.15) is 0 Å². The molecule has 0 spiro atoms. The lowest BCUT2D eigenvalue weighted by Crippen LogP contribution is -2.18. The van der Waals surface area contributed by atoms with Crippen LogP contribution < -0.4 is 5.32 Å². The Kier molecular flexibility index (Phi) is 4.37. The Balaban J connectivity index is 2.19. The summed E-state index contributed by atoms with van der Waals surface area (Å²) in [5, 5.41) is 5.57. The summed E-state index contributed by atoms with van der Waals surface area (Å²) in [5.74, 6) is 0. The van der Waals surface area contributed by atoms with E-state index in [2.05, 4.69) is 63.9 Å². The van der Waals surface area contributed by atoms with Crippen molar-refractivity contribution in [1.29, 1.82) is 0 Å². The van der Waals surface area contributed by atoms with Gasteiger partial charge in [0, 0.05) is 15.4 Å². The lowest BCUT2D eigenvalue weighted by Gasteiger charge is -2.16. The first kappa shape index (κ1) is 12.8. The van der Waals surface area contributed by atoms with E-state index < -0.39 is 0 Å². The van der Waals surface area contributed by atoms with Crippen LogP contribution in [0.1, 0.15) is 22.0 Å². The van der Waals surface area contributed by atoms with Crippen molar-refractivity contribution in [2.24, 2.45) is 0 Å². The van der Waals surface area contributed by atoms with Gasteiger partial charge in [0.2, 0.25) is 0 Å². The predicted molar refractivity (Wildman–Crippen MR) is 78.7 cm³/mol.